The Morgan fingerprint density at radius 2 is 1.83 bits per heavy atom. The zero-order valence-electron chi connectivity index (χ0n) is 13.8. The van der Waals surface area contributed by atoms with Crippen molar-refractivity contribution in [1.29, 1.82) is 0 Å². The first-order valence-corrected chi connectivity index (χ1v) is 7.80. The van der Waals surface area contributed by atoms with E-state index in [9.17, 15) is 4.79 Å². The third kappa shape index (κ3) is 6.08. The summed E-state index contributed by atoms with van der Waals surface area (Å²) in [6.45, 7) is 2.20. The second-order valence-electron chi connectivity index (χ2n) is 5.70. The van der Waals surface area contributed by atoms with Gasteiger partial charge in [-0.05, 0) is 38.2 Å². The van der Waals surface area contributed by atoms with Crippen molar-refractivity contribution >= 4 is 11.7 Å². The molecule has 1 aromatic heterocycles. The van der Waals surface area contributed by atoms with Crippen molar-refractivity contribution in [3.8, 4) is 0 Å². The van der Waals surface area contributed by atoms with Crippen LogP contribution in [0.1, 0.15) is 5.56 Å². The van der Waals surface area contributed by atoms with Gasteiger partial charge in [-0.1, -0.05) is 30.3 Å². The van der Waals surface area contributed by atoms with Gasteiger partial charge < -0.3 is 15.1 Å². The minimum atomic E-state index is -0.0872. The van der Waals surface area contributed by atoms with Gasteiger partial charge in [-0.25, -0.2) is 4.79 Å². The van der Waals surface area contributed by atoms with Gasteiger partial charge in [-0.15, -0.1) is 0 Å². The van der Waals surface area contributed by atoms with Crippen molar-refractivity contribution in [2.24, 2.45) is 0 Å². The van der Waals surface area contributed by atoms with Gasteiger partial charge in [0.15, 0.2) is 0 Å². The first kappa shape index (κ1) is 17.0. The summed E-state index contributed by atoms with van der Waals surface area (Å²) in [6, 6.07) is 13.8. The highest BCUT2D eigenvalue weighted by Crippen LogP contribution is 2.07. The number of benzene rings is 1. The Labute approximate surface area is 137 Å². The molecule has 2 amide bonds. The molecule has 0 aliphatic heterocycles. The van der Waals surface area contributed by atoms with Crippen LogP contribution in [-0.4, -0.2) is 54.5 Å². The van der Waals surface area contributed by atoms with Crippen molar-refractivity contribution in [1.82, 2.24) is 14.8 Å². The molecule has 0 spiro atoms. The monoisotopic (exact) mass is 312 g/mol. The molecule has 1 N–H and O–H groups in total. The lowest BCUT2D eigenvalue weighted by molar-refractivity contribution is 0.205. The van der Waals surface area contributed by atoms with Gasteiger partial charge in [0.25, 0.3) is 0 Å². The second-order valence-corrected chi connectivity index (χ2v) is 5.70. The average molecular weight is 312 g/mol. The van der Waals surface area contributed by atoms with Gasteiger partial charge >= 0.3 is 6.03 Å². The van der Waals surface area contributed by atoms with E-state index >= 15 is 0 Å². The third-order valence-corrected chi connectivity index (χ3v) is 3.53. The molecule has 0 aliphatic carbocycles. The molecule has 1 aromatic carbocycles. The topological polar surface area (TPSA) is 48.5 Å². The standard InChI is InChI=1S/C18H24N4O/c1-21(2)13-14-22(12-10-16-7-4-3-5-8-16)18(23)20-17-9-6-11-19-15-17/h3-9,11,15H,10,12-14H2,1-2H3,(H,20,23). The van der Waals surface area contributed by atoms with Crippen LogP contribution >= 0.6 is 0 Å². The molecular weight excluding hydrogens is 288 g/mol. The third-order valence-electron chi connectivity index (χ3n) is 3.53. The van der Waals surface area contributed by atoms with Crippen LogP contribution < -0.4 is 5.32 Å². The number of urea groups is 1. The number of carbonyl (C=O) groups is 1. The van der Waals surface area contributed by atoms with Crippen molar-refractivity contribution < 1.29 is 4.79 Å². The molecule has 23 heavy (non-hydrogen) atoms. The number of amides is 2. The molecule has 5 nitrogen and oxygen atoms in total. The fraction of sp³-hybridized carbons (Fsp3) is 0.333. The molecule has 0 unspecified atom stereocenters. The lowest BCUT2D eigenvalue weighted by Crippen LogP contribution is -2.40. The highest BCUT2D eigenvalue weighted by atomic mass is 16.2. The van der Waals surface area contributed by atoms with E-state index in [1.165, 1.54) is 5.56 Å². The van der Waals surface area contributed by atoms with Crippen LogP contribution in [0.25, 0.3) is 0 Å². The van der Waals surface area contributed by atoms with Crippen molar-refractivity contribution in [2.75, 3.05) is 39.0 Å². The Bertz CT molecular complexity index is 586. The Morgan fingerprint density at radius 3 is 2.48 bits per heavy atom. The van der Waals surface area contributed by atoms with Crippen molar-refractivity contribution in [2.45, 2.75) is 6.42 Å². The van der Waals surface area contributed by atoms with Gasteiger partial charge in [-0.2, -0.15) is 0 Å². The Hall–Kier alpha value is -2.40. The maximum Gasteiger partial charge on any atom is 0.321 e. The van der Waals surface area contributed by atoms with E-state index < -0.39 is 0 Å². The lowest BCUT2D eigenvalue weighted by Gasteiger charge is -2.24. The van der Waals surface area contributed by atoms with Crippen LogP contribution in [-0.2, 0) is 6.42 Å². The summed E-state index contributed by atoms with van der Waals surface area (Å²) in [4.78, 5) is 20.5. The van der Waals surface area contributed by atoms with Crippen LogP contribution in [0.4, 0.5) is 10.5 Å². The maximum atomic E-state index is 12.5. The van der Waals surface area contributed by atoms with Crippen LogP contribution in [0.2, 0.25) is 0 Å². The number of likely N-dealkylation sites (N-methyl/N-ethyl adjacent to an activating group) is 1. The fourth-order valence-corrected chi connectivity index (χ4v) is 2.18. The maximum absolute atomic E-state index is 12.5. The summed E-state index contributed by atoms with van der Waals surface area (Å²) in [6.07, 6.45) is 4.18. The van der Waals surface area contributed by atoms with Gasteiger partial charge in [0.05, 0.1) is 11.9 Å². The second kappa shape index (κ2) is 8.90. The van der Waals surface area contributed by atoms with Gasteiger partial charge in [0.2, 0.25) is 0 Å². The van der Waals surface area contributed by atoms with E-state index in [1.54, 1.807) is 12.4 Å². The normalized spacial score (nSPS) is 10.6. The van der Waals surface area contributed by atoms with Crippen LogP contribution in [0.5, 0.6) is 0 Å². The van der Waals surface area contributed by atoms with Crippen molar-refractivity contribution in [3.05, 3.63) is 60.4 Å². The van der Waals surface area contributed by atoms with E-state index in [-0.39, 0.29) is 6.03 Å². The molecule has 0 fully saturated rings. The quantitative estimate of drug-likeness (QED) is 0.855. The summed E-state index contributed by atoms with van der Waals surface area (Å²) in [5.41, 5.74) is 1.95. The predicted molar refractivity (Wildman–Crippen MR) is 93.5 cm³/mol. The average Bonchev–Trinajstić information content (AvgIpc) is 2.56. The largest absolute Gasteiger partial charge is 0.323 e. The molecule has 0 aliphatic rings. The van der Waals surface area contributed by atoms with E-state index in [2.05, 4.69) is 27.3 Å². The Morgan fingerprint density at radius 1 is 1.04 bits per heavy atom. The van der Waals surface area contributed by atoms with Gasteiger partial charge in [0, 0.05) is 25.8 Å². The molecule has 5 heteroatoms. The first-order chi connectivity index (χ1) is 11.1. The number of hydrogen-bond donors (Lipinski definition) is 1. The fourth-order valence-electron chi connectivity index (χ4n) is 2.18. The Balaban J connectivity index is 1.96. The zero-order valence-corrected chi connectivity index (χ0v) is 13.8. The zero-order chi connectivity index (χ0) is 16.5. The van der Waals surface area contributed by atoms with Gasteiger partial charge in [0.1, 0.15) is 0 Å². The number of rotatable bonds is 7. The summed E-state index contributed by atoms with van der Waals surface area (Å²) >= 11 is 0. The van der Waals surface area contributed by atoms with Crippen molar-refractivity contribution in [3.63, 3.8) is 0 Å². The molecule has 0 atom stereocenters. The number of hydrogen-bond acceptors (Lipinski definition) is 3. The predicted octanol–water partition coefficient (Wildman–Crippen LogP) is 2.72. The smallest absolute Gasteiger partial charge is 0.321 e. The van der Waals surface area contributed by atoms with Crippen LogP contribution in [0, 0.1) is 0 Å². The van der Waals surface area contributed by atoms with Crippen LogP contribution in [0.15, 0.2) is 54.9 Å². The molecule has 0 saturated carbocycles. The molecule has 2 rings (SSSR count). The summed E-state index contributed by atoms with van der Waals surface area (Å²) < 4.78 is 0. The SMILES string of the molecule is CN(C)CCN(CCc1ccccc1)C(=O)Nc1cccnc1. The summed E-state index contributed by atoms with van der Waals surface area (Å²) in [5, 5.41) is 2.91. The number of pyridine rings is 1. The van der Waals surface area contributed by atoms with E-state index in [0.717, 1.165) is 13.0 Å². The van der Waals surface area contributed by atoms with Crippen LogP contribution in [0.3, 0.4) is 0 Å². The van der Waals surface area contributed by atoms with Gasteiger partial charge in [-0.3, -0.25) is 4.98 Å². The molecule has 1 heterocycles. The first-order valence-electron chi connectivity index (χ1n) is 7.80. The molecule has 0 bridgehead atoms. The minimum Gasteiger partial charge on any atom is -0.323 e. The Kier molecular flexibility index (Phi) is 6.56. The highest BCUT2D eigenvalue weighted by molar-refractivity contribution is 5.89. The molecular formula is C18H24N4O. The highest BCUT2D eigenvalue weighted by Gasteiger charge is 2.14. The number of nitrogens with zero attached hydrogens (tertiary/aromatic N) is 3. The van der Waals surface area contributed by atoms with E-state index in [4.69, 9.17) is 0 Å². The number of anilines is 1. The molecule has 122 valence electrons. The minimum absolute atomic E-state index is 0.0872. The van der Waals surface area contributed by atoms with E-state index in [1.807, 2.05) is 49.3 Å². The summed E-state index contributed by atoms with van der Waals surface area (Å²) in [5.74, 6) is 0. The number of carbonyl (C=O) groups excluding carboxylic acids is 1. The van der Waals surface area contributed by atoms with E-state index in [0.29, 0.717) is 18.8 Å². The molecule has 0 radical (unpaired) electrons. The molecule has 0 saturated heterocycles. The number of aromatic nitrogens is 1. The lowest BCUT2D eigenvalue weighted by atomic mass is 10.1. The number of nitrogens with one attached hydrogen (secondary N) is 1. The summed E-state index contributed by atoms with van der Waals surface area (Å²) in [7, 11) is 4.02. The molecule has 2 aromatic rings.